The number of halogens is 3. The van der Waals surface area contributed by atoms with Gasteiger partial charge in [0.2, 0.25) is 0 Å². The first-order valence-corrected chi connectivity index (χ1v) is 9.62. The minimum atomic E-state index is -4.43. The van der Waals surface area contributed by atoms with E-state index < -0.39 is 17.8 Å². The number of nitrogens with two attached hydrogens (primary N) is 1. The number of hydrogen-bond acceptors (Lipinski definition) is 4. The zero-order valence-corrected chi connectivity index (χ0v) is 17.1. The topological polar surface area (TPSA) is 91.9 Å². The van der Waals surface area contributed by atoms with Gasteiger partial charge < -0.3 is 4.84 Å². The number of carbonyl (C=O) groups is 1. The van der Waals surface area contributed by atoms with Crippen molar-refractivity contribution in [2.75, 3.05) is 12.4 Å². The smallest absolute Gasteiger partial charge is 0.391 e. The van der Waals surface area contributed by atoms with E-state index >= 15 is 0 Å². The maximum Gasteiger partial charge on any atom is 0.433 e. The SMILES string of the molecule is Cc1cccc(NC(=O)N(C)N=[NH2+])c1CO/N=C(\c1cccc(C(F)(F)F)c1)C1CC1. The molecule has 2 aromatic carbocycles. The lowest BCUT2D eigenvalue weighted by molar-refractivity contribution is -0.248. The number of urea groups is 1. The second kappa shape index (κ2) is 9.15. The van der Waals surface area contributed by atoms with E-state index in [-0.39, 0.29) is 12.5 Å². The Morgan fingerprint density at radius 2 is 1.97 bits per heavy atom. The van der Waals surface area contributed by atoms with Gasteiger partial charge in [-0.05, 0) is 43.5 Å². The van der Waals surface area contributed by atoms with Gasteiger partial charge in [0.25, 0.3) is 0 Å². The lowest BCUT2D eigenvalue weighted by atomic mass is 10.0. The summed E-state index contributed by atoms with van der Waals surface area (Å²) in [5.74, 6) is 0.0688. The number of benzene rings is 2. The van der Waals surface area contributed by atoms with E-state index in [4.69, 9.17) is 10.4 Å². The first-order chi connectivity index (χ1) is 14.7. The molecule has 0 saturated heterocycles. The normalized spacial score (nSPS) is 14.2. The molecule has 164 valence electrons. The maximum absolute atomic E-state index is 13.1. The standard InChI is InChI=1S/C21H22F3N5O2/c1-13-5-3-8-18(26-20(30)29(2)28-25)17(13)12-31-27-19(14-9-10-14)15-6-4-7-16(11-15)21(22,23)24/h3-8,11,14,25H,9-10,12H2,1-2H3,(H,26,30)/p+1/b27-19-,28-25?. The maximum atomic E-state index is 13.1. The van der Waals surface area contributed by atoms with E-state index in [2.05, 4.69) is 15.7 Å². The molecule has 2 amide bonds. The second-order valence-corrected chi connectivity index (χ2v) is 7.27. The van der Waals surface area contributed by atoms with E-state index in [1.165, 1.54) is 13.1 Å². The van der Waals surface area contributed by atoms with Crippen LogP contribution in [0, 0.1) is 12.8 Å². The summed E-state index contributed by atoms with van der Waals surface area (Å²) >= 11 is 0. The zero-order valence-electron chi connectivity index (χ0n) is 17.1. The quantitative estimate of drug-likeness (QED) is 0.393. The van der Waals surface area contributed by atoms with Gasteiger partial charge in [0.15, 0.2) is 0 Å². The van der Waals surface area contributed by atoms with Gasteiger partial charge in [-0.3, -0.25) is 5.32 Å². The van der Waals surface area contributed by atoms with Gasteiger partial charge in [0.05, 0.1) is 22.2 Å². The van der Waals surface area contributed by atoms with Crippen LogP contribution < -0.4 is 10.8 Å². The van der Waals surface area contributed by atoms with Crippen molar-refractivity contribution in [1.82, 2.24) is 5.01 Å². The Kier molecular flexibility index (Phi) is 6.57. The number of aryl methyl sites for hydroxylation is 1. The summed E-state index contributed by atoms with van der Waals surface area (Å²) in [7, 11) is 1.41. The summed E-state index contributed by atoms with van der Waals surface area (Å²) in [6.07, 6.45) is -2.74. The van der Waals surface area contributed by atoms with Crippen molar-refractivity contribution in [3.63, 3.8) is 0 Å². The van der Waals surface area contributed by atoms with Crippen LogP contribution in [-0.2, 0) is 17.6 Å². The lowest BCUT2D eigenvalue weighted by Gasteiger charge is -2.14. The summed E-state index contributed by atoms with van der Waals surface area (Å²) in [5.41, 5.74) is 7.31. The van der Waals surface area contributed by atoms with Crippen molar-refractivity contribution >= 4 is 17.4 Å². The minimum absolute atomic E-state index is 0.0287. The molecule has 0 heterocycles. The Balaban J connectivity index is 1.80. The van der Waals surface area contributed by atoms with Crippen molar-refractivity contribution in [2.45, 2.75) is 32.5 Å². The average Bonchev–Trinajstić information content (AvgIpc) is 3.56. The first-order valence-electron chi connectivity index (χ1n) is 9.62. The van der Waals surface area contributed by atoms with Crippen molar-refractivity contribution in [3.8, 4) is 0 Å². The van der Waals surface area contributed by atoms with Crippen molar-refractivity contribution in [3.05, 3.63) is 64.7 Å². The number of anilines is 1. The van der Waals surface area contributed by atoms with Gasteiger partial charge in [0.1, 0.15) is 13.7 Å². The average molecular weight is 434 g/mol. The van der Waals surface area contributed by atoms with Crippen LogP contribution in [-0.4, -0.2) is 23.8 Å². The Bertz CT molecular complexity index is 1000. The Morgan fingerprint density at radius 1 is 1.26 bits per heavy atom. The van der Waals surface area contributed by atoms with E-state index in [1.54, 1.807) is 18.2 Å². The fourth-order valence-electron chi connectivity index (χ4n) is 3.00. The molecule has 1 aliphatic rings. The van der Waals surface area contributed by atoms with Gasteiger partial charge in [-0.25, -0.2) is 4.79 Å². The lowest BCUT2D eigenvalue weighted by Crippen LogP contribution is -2.37. The summed E-state index contributed by atoms with van der Waals surface area (Å²) in [6, 6.07) is 9.88. The van der Waals surface area contributed by atoms with E-state index in [9.17, 15) is 18.0 Å². The molecule has 0 spiro atoms. The molecule has 0 aliphatic heterocycles. The third kappa shape index (κ3) is 5.59. The first kappa shape index (κ1) is 22.3. The molecule has 2 aromatic rings. The Morgan fingerprint density at radius 3 is 2.61 bits per heavy atom. The summed E-state index contributed by atoms with van der Waals surface area (Å²) in [6.45, 7) is 1.88. The van der Waals surface area contributed by atoms with Gasteiger partial charge in [-0.1, -0.05) is 34.4 Å². The van der Waals surface area contributed by atoms with Gasteiger partial charge in [-0.2, -0.15) is 18.7 Å². The molecule has 1 fully saturated rings. The van der Waals surface area contributed by atoms with Gasteiger partial charge in [0, 0.05) is 17.0 Å². The highest BCUT2D eigenvalue weighted by Gasteiger charge is 2.33. The highest BCUT2D eigenvalue weighted by atomic mass is 19.4. The van der Waals surface area contributed by atoms with Gasteiger partial charge in [-0.15, -0.1) is 0 Å². The molecule has 0 aromatic heterocycles. The zero-order chi connectivity index (χ0) is 22.6. The molecular weight excluding hydrogens is 411 g/mol. The Hall–Kier alpha value is -3.43. The highest BCUT2D eigenvalue weighted by Crippen LogP contribution is 2.36. The van der Waals surface area contributed by atoms with Crippen LogP contribution in [0.5, 0.6) is 0 Å². The van der Waals surface area contributed by atoms with Crippen LogP contribution in [0.3, 0.4) is 0 Å². The number of carbonyl (C=O) groups excluding carboxylic acids is 1. The number of hydrogen-bond donors (Lipinski definition) is 2. The fraction of sp³-hybridized carbons (Fsp3) is 0.333. The van der Waals surface area contributed by atoms with Crippen molar-refractivity contribution in [2.24, 2.45) is 16.3 Å². The summed E-state index contributed by atoms with van der Waals surface area (Å²) in [5, 5.41) is 11.1. The van der Waals surface area contributed by atoms with Crippen LogP contribution >= 0.6 is 0 Å². The van der Waals surface area contributed by atoms with Crippen molar-refractivity contribution < 1.29 is 28.3 Å². The predicted octanol–water partition coefficient (Wildman–Crippen LogP) is 3.93. The predicted molar refractivity (Wildman–Crippen MR) is 108 cm³/mol. The van der Waals surface area contributed by atoms with Crippen molar-refractivity contribution in [1.29, 1.82) is 0 Å². The monoisotopic (exact) mass is 434 g/mol. The van der Waals surface area contributed by atoms with Crippen LogP contribution in [0.2, 0.25) is 0 Å². The van der Waals surface area contributed by atoms with E-state index in [1.807, 2.05) is 13.0 Å². The van der Waals surface area contributed by atoms with Gasteiger partial charge >= 0.3 is 12.2 Å². The highest BCUT2D eigenvalue weighted by molar-refractivity contribution is 6.03. The molecule has 1 aliphatic carbocycles. The van der Waals surface area contributed by atoms with E-state index in [0.29, 0.717) is 22.5 Å². The van der Waals surface area contributed by atoms with Crippen LogP contribution in [0.1, 0.15) is 35.1 Å². The molecular formula is C21H23F3N5O2+. The molecule has 7 nitrogen and oxygen atoms in total. The number of alkyl halides is 3. The number of amides is 2. The molecule has 31 heavy (non-hydrogen) atoms. The minimum Gasteiger partial charge on any atom is -0.391 e. The molecule has 1 saturated carbocycles. The fourth-order valence-corrected chi connectivity index (χ4v) is 3.00. The largest absolute Gasteiger partial charge is 0.433 e. The van der Waals surface area contributed by atoms with Crippen LogP contribution in [0.4, 0.5) is 23.7 Å². The van der Waals surface area contributed by atoms with Crippen LogP contribution in [0.15, 0.2) is 52.8 Å². The second-order valence-electron chi connectivity index (χ2n) is 7.27. The molecule has 3 rings (SSSR count). The van der Waals surface area contributed by atoms with Crippen LogP contribution in [0.25, 0.3) is 0 Å². The molecule has 0 atom stereocenters. The molecule has 10 heteroatoms. The van der Waals surface area contributed by atoms with E-state index in [0.717, 1.165) is 35.5 Å². The number of rotatable bonds is 7. The molecule has 0 bridgehead atoms. The summed E-state index contributed by atoms with van der Waals surface area (Å²) in [4.78, 5) is 17.6. The molecule has 0 radical (unpaired) electrons. The molecule has 3 N–H and O–H groups in total. The number of nitrogens with one attached hydrogen (secondary N) is 1. The summed E-state index contributed by atoms with van der Waals surface area (Å²) < 4.78 is 39.2. The molecule has 0 unspecified atom stereocenters. The Labute approximate surface area is 177 Å². The third-order valence-electron chi connectivity index (χ3n) is 4.94. The number of nitrogens with zero attached hydrogens (tertiary/aromatic N) is 3. The number of oxime groups is 1. The third-order valence-corrected chi connectivity index (χ3v) is 4.94.